The Morgan fingerprint density at radius 3 is 2.33 bits per heavy atom. The third kappa shape index (κ3) is 2.14. The zero-order chi connectivity index (χ0) is 12.4. The maximum atomic E-state index is 11.3. The number of aromatic nitrogens is 2. The fourth-order valence-corrected chi connectivity index (χ4v) is 2.40. The van der Waals surface area contributed by atoms with Gasteiger partial charge in [-0.25, -0.2) is 4.98 Å². The van der Waals surface area contributed by atoms with Crippen LogP contribution < -0.4 is 10.5 Å². The van der Waals surface area contributed by atoms with Crippen molar-refractivity contribution >= 4 is 5.95 Å². The van der Waals surface area contributed by atoms with E-state index in [2.05, 4.69) is 39.1 Å². The predicted molar refractivity (Wildman–Crippen MR) is 70.9 cm³/mol. The molecule has 0 atom stereocenters. The summed E-state index contributed by atoms with van der Waals surface area (Å²) in [6.45, 7) is 1.79. The summed E-state index contributed by atoms with van der Waals surface area (Å²) in [5, 5.41) is 0. The maximum Gasteiger partial charge on any atom is 0.252 e. The molecule has 92 valence electrons. The highest BCUT2D eigenvalue weighted by Gasteiger charge is 2.14. The fraction of sp³-hybridized carbons (Fsp3) is 0.286. The summed E-state index contributed by atoms with van der Waals surface area (Å²) >= 11 is 0. The SMILES string of the molecule is O=c1ccnc(N2CCc3ccccc3CC2)[nH]1. The Morgan fingerprint density at radius 2 is 1.72 bits per heavy atom. The van der Waals surface area contributed by atoms with Gasteiger partial charge in [0.25, 0.3) is 5.56 Å². The van der Waals surface area contributed by atoms with E-state index < -0.39 is 0 Å². The van der Waals surface area contributed by atoms with E-state index in [9.17, 15) is 4.79 Å². The molecule has 0 saturated heterocycles. The van der Waals surface area contributed by atoms with Gasteiger partial charge in [0.15, 0.2) is 0 Å². The molecule has 18 heavy (non-hydrogen) atoms. The van der Waals surface area contributed by atoms with Gasteiger partial charge in [-0.3, -0.25) is 9.78 Å². The van der Waals surface area contributed by atoms with E-state index in [1.807, 2.05) is 0 Å². The van der Waals surface area contributed by atoms with Gasteiger partial charge in [0, 0.05) is 25.4 Å². The second kappa shape index (κ2) is 4.64. The zero-order valence-electron chi connectivity index (χ0n) is 10.1. The quantitative estimate of drug-likeness (QED) is 0.820. The third-order valence-electron chi connectivity index (χ3n) is 3.38. The highest BCUT2D eigenvalue weighted by atomic mass is 16.1. The molecule has 0 aliphatic carbocycles. The van der Waals surface area contributed by atoms with Gasteiger partial charge >= 0.3 is 0 Å². The van der Waals surface area contributed by atoms with Crippen LogP contribution in [0.25, 0.3) is 0 Å². The van der Waals surface area contributed by atoms with E-state index in [1.165, 1.54) is 17.2 Å². The number of H-pyrrole nitrogens is 1. The lowest BCUT2D eigenvalue weighted by molar-refractivity contribution is 0.769. The van der Waals surface area contributed by atoms with Crippen molar-refractivity contribution in [2.75, 3.05) is 18.0 Å². The van der Waals surface area contributed by atoms with Crippen molar-refractivity contribution in [3.8, 4) is 0 Å². The van der Waals surface area contributed by atoms with Crippen LogP contribution in [0.4, 0.5) is 5.95 Å². The van der Waals surface area contributed by atoms with Crippen molar-refractivity contribution in [2.24, 2.45) is 0 Å². The Labute approximate surface area is 105 Å². The number of nitrogens with zero attached hydrogens (tertiary/aromatic N) is 2. The minimum absolute atomic E-state index is 0.0956. The van der Waals surface area contributed by atoms with E-state index in [1.54, 1.807) is 6.20 Å². The fourth-order valence-electron chi connectivity index (χ4n) is 2.40. The summed E-state index contributed by atoms with van der Waals surface area (Å²) in [6.07, 6.45) is 3.55. The Bertz CT molecular complexity index is 579. The highest BCUT2D eigenvalue weighted by Crippen LogP contribution is 2.17. The number of rotatable bonds is 1. The summed E-state index contributed by atoms with van der Waals surface area (Å²) in [5.41, 5.74) is 2.71. The molecule has 1 aliphatic rings. The lowest BCUT2D eigenvalue weighted by Gasteiger charge is -2.20. The van der Waals surface area contributed by atoms with Gasteiger partial charge in [0.1, 0.15) is 0 Å². The molecule has 2 heterocycles. The van der Waals surface area contributed by atoms with Crippen LogP contribution in [-0.4, -0.2) is 23.1 Å². The molecular weight excluding hydrogens is 226 g/mol. The number of fused-ring (bicyclic) bond motifs is 1. The monoisotopic (exact) mass is 241 g/mol. The minimum atomic E-state index is -0.0956. The summed E-state index contributed by atoms with van der Waals surface area (Å²) in [4.78, 5) is 20.5. The standard InChI is InChI=1S/C14H15N3O/c18-13-5-8-15-14(16-13)17-9-6-11-3-1-2-4-12(11)7-10-17/h1-5,8H,6-7,9-10H2,(H,15,16,18). The van der Waals surface area contributed by atoms with Crippen LogP contribution in [0.1, 0.15) is 11.1 Å². The van der Waals surface area contributed by atoms with E-state index in [-0.39, 0.29) is 5.56 Å². The molecule has 0 radical (unpaired) electrons. The molecule has 1 aromatic carbocycles. The van der Waals surface area contributed by atoms with Crippen molar-refractivity contribution in [1.29, 1.82) is 0 Å². The summed E-state index contributed by atoms with van der Waals surface area (Å²) in [5.74, 6) is 0.676. The number of hydrogen-bond acceptors (Lipinski definition) is 3. The first kappa shape index (κ1) is 11.0. The van der Waals surface area contributed by atoms with Gasteiger partial charge in [-0.2, -0.15) is 0 Å². The average Bonchev–Trinajstić information content (AvgIpc) is 2.61. The summed E-state index contributed by atoms with van der Waals surface area (Å²) in [6, 6.07) is 9.96. The highest BCUT2D eigenvalue weighted by molar-refractivity contribution is 5.35. The molecule has 0 bridgehead atoms. The van der Waals surface area contributed by atoms with Gasteiger partial charge in [-0.05, 0) is 24.0 Å². The number of anilines is 1. The topological polar surface area (TPSA) is 49.0 Å². The van der Waals surface area contributed by atoms with Crippen LogP contribution in [0, 0.1) is 0 Å². The molecular formula is C14H15N3O. The van der Waals surface area contributed by atoms with Gasteiger partial charge in [0.05, 0.1) is 0 Å². The molecule has 2 aromatic rings. The van der Waals surface area contributed by atoms with Crippen LogP contribution in [-0.2, 0) is 12.8 Å². The Morgan fingerprint density at radius 1 is 1.06 bits per heavy atom. The molecule has 4 heteroatoms. The molecule has 0 saturated carbocycles. The average molecular weight is 241 g/mol. The van der Waals surface area contributed by atoms with Crippen LogP contribution in [0.5, 0.6) is 0 Å². The van der Waals surface area contributed by atoms with Crippen LogP contribution in [0.15, 0.2) is 41.3 Å². The zero-order valence-corrected chi connectivity index (χ0v) is 10.1. The van der Waals surface area contributed by atoms with Crippen molar-refractivity contribution in [1.82, 2.24) is 9.97 Å². The van der Waals surface area contributed by atoms with Crippen molar-refractivity contribution in [3.05, 3.63) is 58.0 Å². The summed E-state index contributed by atoms with van der Waals surface area (Å²) < 4.78 is 0. The normalized spacial score (nSPS) is 15.0. The Kier molecular flexibility index (Phi) is 2.84. The predicted octanol–water partition coefficient (Wildman–Crippen LogP) is 1.38. The largest absolute Gasteiger partial charge is 0.342 e. The van der Waals surface area contributed by atoms with Crippen LogP contribution >= 0.6 is 0 Å². The van der Waals surface area contributed by atoms with Crippen molar-refractivity contribution < 1.29 is 0 Å². The first-order chi connectivity index (χ1) is 8.83. The molecule has 0 spiro atoms. The van der Waals surface area contributed by atoms with E-state index in [4.69, 9.17) is 0 Å². The van der Waals surface area contributed by atoms with Crippen LogP contribution in [0.3, 0.4) is 0 Å². The van der Waals surface area contributed by atoms with Crippen LogP contribution in [0.2, 0.25) is 0 Å². The Balaban J connectivity index is 1.85. The van der Waals surface area contributed by atoms with Gasteiger partial charge < -0.3 is 4.90 Å². The van der Waals surface area contributed by atoms with Gasteiger partial charge in [-0.1, -0.05) is 24.3 Å². The molecule has 4 nitrogen and oxygen atoms in total. The molecule has 3 rings (SSSR count). The first-order valence-corrected chi connectivity index (χ1v) is 6.20. The number of benzene rings is 1. The Hall–Kier alpha value is -2.10. The smallest absolute Gasteiger partial charge is 0.252 e. The van der Waals surface area contributed by atoms with Crippen molar-refractivity contribution in [3.63, 3.8) is 0 Å². The third-order valence-corrected chi connectivity index (χ3v) is 3.38. The van der Waals surface area contributed by atoms with Gasteiger partial charge in [0.2, 0.25) is 5.95 Å². The second-order valence-electron chi connectivity index (χ2n) is 4.51. The lowest BCUT2D eigenvalue weighted by Crippen LogP contribution is -2.29. The van der Waals surface area contributed by atoms with E-state index >= 15 is 0 Å². The number of nitrogens with one attached hydrogen (secondary N) is 1. The minimum Gasteiger partial charge on any atom is -0.342 e. The summed E-state index contributed by atoms with van der Waals surface area (Å²) in [7, 11) is 0. The molecule has 0 unspecified atom stereocenters. The van der Waals surface area contributed by atoms with E-state index in [0.717, 1.165) is 25.9 Å². The van der Waals surface area contributed by atoms with Crippen molar-refractivity contribution in [2.45, 2.75) is 12.8 Å². The first-order valence-electron chi connectivity index (χ1n) is 6.20. The molecule has 0 amide bonds. The molecule has 1 aliphatic heterocycles. The maximum absolute atomic E-state index is 11.3. The molecule has 0 fully saturated rings. The lowest BCUT2D eigenvalue weighted by atomic mass is 10.0. The second-order valence-corrected chi connectivity index (χ2v) is 4.51. The number of hydrogen-bond donors (Lipinski definition) is 1. The molecule has 1 N–H and O–H groups in total. The van der Waals surface area contributed by atoms with Gasteiger partial charge in [-0.15, -0.1) is 0 Å². The molecule has 1 aromatic heterocycles. The number of aromatic amines is 1. The van der Waals surface area contributed by atoms with E-state index in [0.29, 0.717) is 5.95 Å².